The SMILES string of the molecule is CCCC(=O)N1CC2[C@@H](NC(=O)COc3ccccc3)C(=O)N2C1C(=O)OCc1ccccc1. The number of para-hydroxylation sites is 1. The van der Waals surface area contributed by atoms with Crippen molar-refractivity contribution in [2.24, 2.45) is 0 Å². The number of hydrogen-bond donors (Lipinski definition) is 1. The molecule has 4 rings (SSSR count). The van der Waals surface area contributed by atoms with Crippen molar-refractivity contribution in [2.45, 2.75) is 44.6 Å². The van der Waals surface area contributed by atoms with Crippen molar-refractivity contribution < 1.29 is 28.7 Å². The van der Waals surface area contributed by atoms with Gasteiger partial charge in [-0.2, -0.15) is 0 Å². The van der Waals surface area contributed by atoms with Gasteiger partial charge in [0.2, 0.25) is 18.0 Å². The van der Waals surface area contributed by atoms with E-state index in [0.717, 1.165) is 5.56 Å². The first-order valence-electron chi connectivity index (χ1n) is 11.3. The van der Waals surface area contributed by atoms with Crippen LogP contribution in [0.2, 0.25) is 0 Å². The number of carbonyl (C=O) groups is 4. The highest BCUT2D eigenvalue weighted by Crippen LogP contribution is 2.34. The lowest BCUT2D eigenvalue weighted by molar-refractivity contribution is -0.170. The number of benzene rings is 2. The zero-order valence-corrected chi connectivity index (χ0v) is 18.9. The van der Waals surface area contributed by atoms with Gasteiger partial charge in [-0.05, 0) is 24.1 Å². The highest BCUT2D eigenvalue weighted by molar-refractivity contribution is 5.99. The number of ether oxygens (including phenoxy) is 2. The predicted molar refractivity (Wildman–Crippen MR) is 121 cm³/mol. The standard InChI is InChI=1S/C25H27N3O6/c1-2-9-21(30)27-14-19-22(26-20(29)16-33-18-12-7-4-8-13-18)24(31)28(19)23(27)25(32)34-15-17-10-5-3-6-11-17/h3-8,10-13,19,22-23H,2,9,14-16H2,1H3,(H,26,29)/t19?,22-,23?/m1/s1. The van der Waals surface area contributed by atoms with Crippen LogP contribution < -0.4 is 10.1 Å². The summed E-state index contributed by atoms with van der Waals surface area (Å²) < 4.78 is 10.9. The summed E-state index contributed by atoms with van der Waals surface area (Å²) in [5.41, 5.74) is 0.801. The first-order valence-corrected chi connectivity index (χ1v) is 11.3. The second-order valence-electron chi connectivity index (χ2n) is 8.22. The molecule has 2 saturated heterocycles. The molecule has 34 heavy (non-hydrogen) atoms. The van der Waals surface area contributed by atoms with Gasteiger partial charge in [0.15, 0.2) is 6.61 Å². The van der Waals surface area contributed by atoms with Crippen molar-refractivity contribution in [3.63, 3.8) is 0 Å². The third-order valence-electron chi connectivity index (χ3n) is 5.85. The third-order valence-corrected chi connectivity index (χ3v) is 5.85. The van der Waals surface area contributed by atoms with Crippen LogP contribution in [0, 0.1) is 0 Å². The van der Waals surface area contributed by atoms with E-state index >= 15 is 0 Å². The summed E-state index contributed by atoms with van der Waals surface area (Å²) in [6.07, 6.45) is -0.274. The molecule has 0 radical (unpaired) electrons. The Morgan fingerprint density at radius 1 is 1.03 bits per heavy atom. The molecule has 2 aromatic carbocycles. The zero-order valence-electron chi connectivity index (χ0n) is 18.9. The Morgan fingerprint density at radius 2 is 1.71 bits per heavy atom. The fourth-order valence-corrected chi connectivity index (χ4v) is 4.19. The molecule has 2 aromatic rings. The van der Waals surface area contributed by atoms with Gasteiger partial charge in [-0.25, -0.2) is 4.79 Å². The molecule has 2 aliphatic heterocycles. The molecule has 9 nitrogen and oxygen atoms in total. The molecule has 0 spiro atoms. The lowest BCUT2D eigenvalue weighted by Gasteiger charge is -2.43. The monoisotopic (exact) mass is 465 g/mol. The molecule has 9 heteroatoms. The molecule has 1 N–H and O–H groups in total. The number of carbonyl (C=O) groups excluding carboxylic acids is 4. The fourth-order valence-electron chi connectivity index (χ4n) is 4.19. The van der Waals surface area contributed by atoms with Crippen LogP contribution in [0.4, 0.5) is 0 Å². The maximum absolute atomic E-state index is 12.9. The summed E-state index contributed by atoms with van der Waals surface area (Å²) in [6, 6.07) is 16.7. The van der Waals surface area contributed by atoms with Gasteiger partial charge < -0.3 is 24.6 Å². The summed E-state index contributed by atoms with van der Waals surface area (Å²) in [4.78, 5) is 53.6. The molecule has 2 unspecified atom stereocenters. The number of fused-ring (bicyclic) bond motifs is 1. The quantitative estimate of drug-likeness (QED) is 0.444. The fraction of sp³-hybridized carbons (Fsp3) is 0.360. The van der Waals surface area contributed by atoms with E-state index in [1.807, 2.05) is 43.3 Å². The third kappa shape index (κ3) is 4.88. The summed E-state index contributed by atoms with van der Waals surface area (Å²) in [7, 11) is 0. The van der Waals surface area contributed by atoms with Crippen molar-refractivity contribution in [1.82, 2.24) is 15.1 Å². The van der Waals surface area contributed by atoms with Gasteiger partial charge in [0.1, 0.15) is 18.4 Å². The highest BCUT2D eigenvalue weighted by atomic mass is 16.5. The number of nitrogens with zero attached hydrogens (tertiary/aromatic N) is 2. The average Bonchev–Trinajstić information content (AvgIpc) is 3.22. The van der Waals surface area contributed by atoms with Gasteiger partial charge in [-0.3, -0.25) is 14.4 Å². The summed E-state index contributed by atoms with van der Waals surface area (Å²) >= 11 is 0. The van der Waals surface area contributed by atoms with Crippen LogP contribution in [0.15, 0.2) is 60.7 Å². The molecule has 2 heterocycles. The van der Waals surface area contributed by atoms with E-state index in [0.29, 0.717) is 12.2 Å². The molecule has 0 aromatic heterocycles. The summed E-state index contributed by atoms with van der Waals surface area (Å²) in [5.74, 6) is -1.24. The first-order chi connectivity index (χ1) is 16.5. The molecule has 0 bridgehead atoms. The van der Waals surface area contributed by atoms with E-state index in [2.05, 4.69) is 5.32 Å². The van der Waals surface area contributed by atoms with Gasteiger partial charge in [0.25, 0.3) is 5.91 Å². The van der Waals surface area contributed by atoms with Crippen molar-refractivity contribution in [1.29, 1.82) is 0 Å². The van der Waals surface area contributed by atoms with Crippen LogP contribution in [0.25, 0.3) is 0 Å². The Labute approximate surface area is 197 Å². The minimum atomic E-state index is -1.13. The molecule has 3 amide bonds. The molecule has 2 fully saturated rings. The van der Waals surface area contributed by atoms with Crippen LogP contribution >= 0.6 is 0 Å². The Kier molecular flexibility index (Phi) is 7.10. The molecule has 3 atom stereocenters. The molecule has 178 valence electrons. The number of nitrogens with one attached hydrogen (secondary N) is 1. The van der Waals surface area contributed by atoms with E-state index in [1.165, 1.54) is 9.80 Å². The normalized spacial score (nSPS) is 20.9. The molecular weight excluding hydrogens is 438 g/mol. The summed E-state index contributed by atoms with van der Waals surface area (Å²) in [6.45, 7) is 1.81. The van der Waals surface area contributed by atoms with E-state index in [4.69, 9.17) is 9.47 Å². The van der Waals surface area contributed by atoms with Crippen LogP contribution in [0.1, 0.15) is 25.3 Å². The van der Waals surface area contributed by atoms with E-state index in [1.54, 1.807) is 24.3 Å². The number of rotatable bonds is 9. The van der Waals surface area contributed by atoms with Gasteiger partial charge in [0.05, 0.1) is 6.04 Å². The van der Waals surface area contributed by atoms with Crippen LogP contribution in [-0.2, 0) is 30.5 Å². The minimum absolute atomic E-state index is 0.0374. The van der Waals surface area contributed by atoms with Crippen molar-refractivity contribution in [2.75, 3.05) is 13.2 Å². The number of β-lactam (4-membered cyclic amide) rings is 1. The van der Waals surface area contributed by atoms with E-state index in [-0.39, 0.29) is 32.1 Å². The number of esters is 1. The lowest BCUT2D eigenvalue weighted by atomic mass is 9.96. The van der Waals surface area contributed by atoms with Crippen LogP contribution in [-0.4, -0.2) is 64.9 Å². The molecule has 0 aliphatic carbocycles. The van der Waals surface area contributed by atoms with Crippen molar-refractivity contribution in [3.05, 3.63) is 66.2 Å². The minimum Gasteiger partial charge on any atom is -0.484 e. The summed E-state index contributed by atoms with van der Waals surface area (Å²) in [5, 5.41) is 2.67. The maximum Gasteiger partial charge on any atom is 0.350 e. The van der Waals surface area contributed by atoms with Crippen molar-refractivity contribution in [3.8, 4) is 5.75 Å². The smallest absolute Gasteiger partial charge is 0.350 e. The second kappa shape index (κ2) is 10.4. The molecule has 2 aliphatic rings. The maximum atomic E-state index is 12.9. The highest BCUT2D eigenvalue weighted by Gasteiger charge is 2.61. The van der Waals surface area contributed by atoms with E-state index < -0.39 is 36.0 Å². The molecular formula is C25H27N3O6. The number of amides is 3. The van der Waals surface area contributed by atoms with Crippen molar-refractivity contribution >= 4 is 23.7 Å². The zero-order chi connectivity index (χ0) is 24.1. The lowest BCUT2D eigenvalue weighted by Crippen LogP contribution is -2.71. The average molecular weight is 466 g/mol. The largest absolute Gasteiger partial charge is 0.484 e. The Balaban J connectivity index is 1.40. The van der Waals surface area contributed by atoms with E-state index in [9.17, 15) is 19.2 Å². The van der Waals surface area contributed by atoms with Crippen LogP contribution in [0.5, 0.6) is 5.75 Å². The Bertz CT molecular complexity index is 1050. The topological polar surface area (TPSA) is 105 Å². The molecule has 0 saturated carbocycles. The van der Waals surface area contributed by atoms with Crippen LogP contribution in [0.3, 0.4) is 0 Å². The van der Waals surface area contributed by atoms with Gasteiger partial charge in [0, 0.05) is 13.0 Å². The Morgan fingerprint density at radius 3 is 2.38 bits per heavy atom. The Hall–Kier alpha value is -3.88. The van der Waals surface area contributed by atoms with Gasteiger partial charge >= 0.3 is 5.97 Å². The predicted octanol–water partition coefficient (Wildman–Crippen LogP) is 1.47. The van der Waals surface area contributed by atoms with Gasteiger partial charge in [-0.1, -0.05) is 55.5 Å². The second-order valence-corrected chi connectivity index (χ2v) is 8.22. The van der Waals surface area contributed by atoms with Gasteiger partial charge in [-0.15, -0.1) is 0 Å². The first kappa shape index (κ1) is 23.3. The number of hydrogen-bond acceptors (Lipinski definition) is 6.